The highest BCUT2D eigenvalue weighted by Gasteiger charge is 2.07. The molecule has 0 unspecified atom stereocenters. The van der Waals surface area contributed by atoms with Crippen LogP contribution in [0.1, 0.15) is 63.9 Å². The lowest BCUT2D eigenvalue weighted by atomic mass is 10.0. The van der Waals surface area contributed by atoms with Gasteiger partial charge < -0.3 is 4.98 Å². The normalized spacial score (nSPS) is 11.6. The largest absolute Gasteiger partial charge is 0.354 e. The molecule has 0 atom stereocenters. The number of H-pyrrole nitrogens is 1. The van der Waals surface area contributed by atoms with Gasteiger partial charge in [-0.25, -0.2) is 0 Å². The number of para-hydroxylation sites is 1. The number of fused-ring (bicyclic) bond motifs is 3. The van der Waals surface area contributed by atoms with Crippen LogP contribution in [0.3, 0.4) is 0 Å². The third-order valence-electron chi connectivity index (χ3n) is 4.97. The van der Waals surface area contributed by atoms with Gasteiger partial charge in [-0.05, 0) is 59.2 Å². The first-order valence-corrected chi connectivity index (χ1v) is 10.6. The van der Waals surface area contributed by atoms with Crippen LogP contribution in [0, 0.1) is 3.57 Å². The molecular formula is C22H28IN. The van der Waals surface area contributed by atoms with Gasteiger partial charge in [0.1, 0.15) is 0 Å². The minimum absolute atomic E-state index is 1.21. The number of aromatic nitrogens is 1. The lowest BCUT2D eigenvalue weighted by molar-refractivity contribution is 0.575. The molecule has 1 heterocycles. The molecule has 1 aromatic heterocycles. The zero-order valence-corrected chi connectivity index (χ0v) is 16.9. The van der Waals surface area contributed by atoms with Crippen LogP contribution in [0.4, 0.5) is 0 Å². The summed E-state index contributed by atoms with van der Waals surface area (Å²) in [7, 11) is 0. The molecule has 0 aliphatic carbocycles. The van der Waals surface area contributed by atoms with E-state index in [0.717, 1.165) is 0 Å². The molecule has 0 bridgehead atoms. The highest BCUT2D eigenvalue weighted by molar-refractivity contribution is 14.1. The number of aromatic amines is 1. The standard InChI is InChI=1S/C22H28IN/c1-2-3-4-5-6-7-8-9-11-17-14-15-21-19(16-17)18-12-10-13-20(23)22(18)24-21/h10,12-16,24H,2-9,11H2,1H3. The van der Waals surface area contributed by atoms with E-state index in [1.807, 2.05) is 0 Å². The molecule has 0 radical (unpaired) electrons. The summed E-state index contributed by atoms with van der Waals surface area (Å²) in [5.74, 6) is 0. The van der Waals surface area contributed by atoms with Gasteiger partial charge in [0.25, 0.3) is 0 Å². The second kappa shape index (κ2) is 8.89. The van der Waals surface area contributed by atoms with Gasteiger partial charge in [-0.1, -0.05) is 70.1 Å². The molecule has 0 saturated carbocycles. The van der Waals surface area contributed by atoms with Crippen LogP contribution in [0.5, 0.6) is 0 Å². The van der Waals surface area contributed by atoms with Gasteiger partial charge in [-0.15, -0.1) is 0 Å². The fraction of sp³-hybridized carbons (Fsp3) is 0.455. The van der Waals surface area contributed by atoms with E-state index in [2.05, 4.69) is 70.9 Å². The summed E-state index contributed by atoms with van der Waals surface area (Å²) in [6.45, 7) is 2.28. The first kappa shape index (κ1) is 17.8. The van der Waals surface area contributed by atoms with E-state index in [-0.39, 0.29) is 0 Å². The molecule has 0 spiro atoms. The van der Waals surface area contributed by atoms with Crippen LogP contribution in [-0.4, -0.2) is 4.98 Å². The van der Waals surface area contributed by atoms with Crippen molar-refractivity contribution in [3.63, 3.8) is 0 Å². The SMILES string of the molecule is CCCCCCCCCCc1ccc2[nH]c3c(I)cccc3c2c1. The fourth-order valence-electron chi connectivity index (χ4n) is 3.55. The summed E-state index contributed by atoms with van der Waals surface area (Å²) < 4.78 is 1.30. The van der Waals surface area contributed by atoms with Crippen molar-refractivity contribution in [2.45, 2.75) is 64.7 Å². The molecule has 0 fully saturated rings. The summed E-state index contributed by atoms with van der Waals surface area (Å²) in [6.07, 6.45) is 12.3. The van der Waals surface area contributed by atoms with Crippen molar-refractivity contribution in [2.75, 3.05) is 0 Å². The third-order valence-corrected chi connectivity index (χ3v) is 5.87. The zero-order chi connectivity index (χ0) is 16.8. The Morgan fingerprint density at radius 1 is 0.833 bits per heavy atom. The molecule has 3 rings (SSSR count). The molecule has 1 nitrogen and oxygen atoms in total. The van der Waals surface area contributed by atoms with E-state index in [1.54, 1.807) is 0 Å². The Morgan fingerprint density at radius 3 is 2.38 bits per heavy atom. The second-order valence-corrected chi connectivity index (χ2v) is 8.05. The summed E-state index contributed by atoms with van der Waals surface area (Å²) in [6, 6.07) is 13.5. The Balaban J connectivity index is 1.56. The molecule has 128 valence electrons. The van der Waals surface area contributed by atoms with Crippen LogP contribution in [-0.2, 0) is 6.42 Å². The lowest BCUT2D eigenvalue weighted by Gasteiger charge is -2.03. The number of rotatable bonds is 9. The van der Waals surface area contributed by atoms with Gasteiger partial charge in [-0.3, -0.25) is 0 Å². The minimum Gasteiger partial charge on any atom is -0.354 e. The zero-order valence-electron chi connectivity index (χ0n) is 14.7. The van der Waals surface area contributed by atoms with Gasteiger partial charge >= 0.3 is 0 Å². The van der Waals surface area contributed by atoms with Crippen LogP contribution >= 0.6 is 22.6 Å². The topological polar surface area (TPSA) is 15.8 Å². The minimum atomic E-state index is 1.21. The van der Waals surface area contributed by atoms with Gasteiger partial charge in [-0.2, -0.15) is 0 Å². The van der Waals surface area contributed by atoms with Crippen LogP contribution in [0.2, 0.25) is 0 Å². The van der Waals surface area contributed by atoms with E-state index in [4.69, 9.17) is 0 Å². The van der Waals surface area contributed by atoms with Crippen molar-refractivity contribution < 1.29 is 0 Å². The summed E-state index contributed by atoms with van der Waals surface area (Å²) >= 11 is 2.41. The fourth-order valence-corrected chi connectivity index (χ4v) is 4.19. The molecule has 0 aliphatic heterocycles. The Morgan fingerprint density at radius 2 is 1.58 bits per heavy atom. The van der Waals surface area contributed by atoms with Gasteiger partial charge in [0.2, 0.25) is 0 Å². The average Bonchev–Trinajstić information content (AvgIpc) is 2.97. The molecule has 0 saturated heterocycles. The predicted octanol–water partition coefficient (Wildman–Crippen LogP) is 7.61. The molecule has 2 aromatic carbocycles. The van der Waals surface area contributed by atoms with Gasteiger partial charge in [0.05, 0.1) is 5.52 Å². The molecular weight excluding hydrogens is 405 g/mol. The monoisotopic (exact) mass is 433 g/mol. The molecule has 0 aliphatic rings. The maximum atomic E-state index is 3.57. The van der Waals surface area contributed by atoms with Crippen molar-refractivity contribution in [3.8, 4) is 0 Å². The molecule has 1 N–H and O–H groups in total. The number of benzene rings is 2. The highest BCUT2D eigenvalue weighted by atomic mass is 127. The molecule has 0 amide bonds. The highest BCUT2D eigenvalue weighted by Crippen LogP contribution is 2.29. The third kappa shape index (κ3) is 4.33. The maximum Gasteiger partial charge on any atom is 0.0600 e. The number of unbranched alkanes of at least 4 members (excludes halogenated alkanes) is 7. The van der Waals surface area contributed by atoms with E-state index < -0.39 is 0 Å². The van der Waals surface area contributed by atoms with Gasteiger partial charge in [0, 0.05) is 19.9 Å². The molecule has 3 aromatic rings. The number of hydrogen-bond donors (Lipinski definition) is 1. The van der Waals surface area contributed by atoms with Crippen molar-refractivity contribution in [2.24, 2.45) is 0 Å². The number of halogens is 1. The lowest BCUT2D eigenvalue weighted by Crippen LogP contribution is -1.86. The van der Waals surface area contributed by atoms with E-state index in [9.17, 15) is 0 Å². The first-order chi connectivity index (χ1) is 11.8. The van der Waals surface area contributed by atoms with Crippen LogP contribution in [0.15, 0.2) is 36.4 Å². The predicted molar refractivity (Wildman–Crippen MR) is 115 cm³/mol. The Labute approximate surface area is 159 Å². The quantitative estimate of drug-likeness (QED) is 0.264. The smallest absolute Gasteiger partial charge is 0.0600 e. The Hall–Kier alpha value is -1.03. The number of hydrogen-bond acceptors (Lipinski definition) is 0. The van der Waals surface area contributed by atoms with Crippen LogP contribution in [0.25, 0.3) is 21.8 Å². The Kier molecular flexibility index (Phi) is 6.59. The maximum absolute atomic E-state index is 3.57. The number of aryl methyl sites for hydroxylation is 1. The summed E-state index contributed by atoms with van der Waals surface area (Å²) in [4.78, 5) is 3.57. The molecule has 2 heteroatoms. The van der Waals surface area contributed by atoms with E-state index >= 15 is 0 Å². The van der Waals surface area contributed by atoms with Crippen molar-refractivity contribution in [1.29, 1.82) is 0 Å². The Bertz CT molecular complexity index is 787. The van der Waals surface area contributed by atoms with E-state index in [0.29, 0.717) is 0 Å². The van der Waals surface area contributed by atoms with E-state index in [1.165, 1.54) is 88.7 Å². The first-order valence-electron chi connectivity index (χ1n) is 9.48. The van der Waals surface area contributed by atoms with Crippen molar-refractivity contribution in [3.05, 3.63) is 45.5 Å². The summed E-state index contributed by atoms with van der Waals surface area (Å²) in [5.41, 5.74) is 4.01. The average molecular weight is 433 g/mol. The van der Waals surface area contributed by atoms with Crippen molar-refractivity contribution >= 4 is 44.4 Å². The summed E-state index contributed by atoms with van der Waals surface area (Å²) in [5, 5.41) is 2.73. The molecule has 24 heavy (non-hydrogen) atoms. The van der Waals surface area contributed by atoms with Gasteiger partial charge in [0.15, 0.2) is 0 Å². The second-order valence-electron chi connectivity index (χ2n) is 6.89. The van der Waals surface area contributed by atoms with Crippen molar-refractivity contribution in [1.82, 2.24) is 4.98 Å². The number of nitrogens with one attached hydrogen (secondary N) is 1. The van der Waals surface area contributed by atoms with Crippen LogP contribution < -0.4 is 0 Å².